The molecule has 1 aliphatic rings. The number of hydrogen-bond acceptors (Lipinski definition) is 4. The Labute approximate surface area is 185 Å². The van der Waals surface area contributed by atoms with Crippen molar-refractivity contribution in [2.45, 2.75) is 13.0 Å². The molecule has 152 valence electrons. The normalized spacial score (nSPS) is 15.4. The molecule has 0 radical (unpaired) electrons. The molecule has 0 saturated carbocycles. The van der Waals surface area contributed by atoms with Gasteiger partial charge in [-0.1, -0.05) is 66.5 Å². The van der Waals surface area contributed by atoms with Gasteiger partial charge in [-0.15, -0.1) is 6.58 Å². The fourth-order valence-corrected chi connectivity index (χ4v) is 4.66. The van der Waals surface area contributed by atoms with Gasteiger partial charge in [0.05, 0.1) is 11.4 Å². The largest absolute Gasteiger partial charge is 0.491 e. The topological polar surface area (TPSA) is 34.5 Å². The predicted octanol–water partition coefficient (Wildman–Crippen LogP) is 5.28. The first kappa shape index (κ1) is 20.4. The van der Waals surface area contributed by atoms with Gasteiger partial charge in [0.15, 0.2) is 0 Å². The third-order valence-electron chi connectivity index (χ3n) is 5.02. The van der Waals surface area contributed by atoms with Crippen LogP contribution < -0.4 is 4.74 Å². The van der Waals surface area contributed by atoms with Crippen LogP contribution in [0.4, 0.5) is 0 Å². The molecule has 1 fully saturated rings. The minimum absolute atomic E-state index is 0.0519. The molecule has 4 nitrogen and oxygen atoms in total. The summed E-state index contributed by atoms with van der Waals surface area (Å²) in [6, 6.07) is 16.2. The van der Waals surface area contributed by atoms with Crippen LogP contribution in [0.15, 0.2) is 72.3 Å². The quantitative estimate of drug-likeness (QED) is 0.288. The maximum atomic E-state index is 12.4. The summed E-state index contributed by atoms with van der Waals surface area (Å²) in [5, 5.41) is 1.10. The third-order valence-corrected chi connectivity index (χ3v) is 6.50. The smallest absolute Gasteiger partial charge is 0.265 e. The summed E-state index contributed by atoms with van der Waals surface area (Å²) in [5.74, 6) is 0.838. The monoisotopic (exact) mass is 434 g/mol. The average molecular weight is 435 g/mol. The molecule has 0 aliphatic carbocycles. The lowest BCUT2D eigenvalue weighted by molar-refractivity contribution is -0.121. The number of thiocarbonyl (C=S) groups is 1. The molecule has 0 atom stereocenters. The van der Waals surface area contributed by atoms with Gasteiger partial charge in [0.2, 0.25) is 0 Å². The van der Waals surface area contributed by atoms with Gasteiger partial charge in [0.25, 0.3) is 5.91 Å². The van der Waals surface area contributed by atoms with E-state index in [-0.39, 0.29) is 5.91 Å². The highest BCUT2D eigenvalue weighted by Gasteiger charge is 2.29. The minimum atomic E-state index is -0.0519. The maximum absolute atomic E-state index is 12.4. The number of aromatic nitrogens is 1. The Kier molecular flexibility index (Phi) is 6.06. The molecule has 0 bridgehead atoms. The number of benzene rings is 2. The minimum Gasteiger partial charge on any atom is -0.491 e. The summed E-state index contributed by atoms with van der Waals surface area (Å²) in [7, 11) is 1.71. The van der Waals surface area contributed by atoms with Gasteiger partial charge >= 0.3 is 0 Å². The molecule has 30 heavy (non-hydrogen) atoms. The van der Waals surface area contributed by atoms with Gasteiger partial charge in [-0.05, 0) is 30.2 Å². The van der Waals surface area contributed by atoms with Crippen molar-refractivity contribution in [2.75, 3.05) is 13.7 Å². The van der Waals surface area contributed by atoms with Gasteiger partial charge in [0.1, 0.15) is 16.7 Å². The number of carbonyl (C=O) groups excluding carboxylic acids is 1. The van der Waals surface area contributed by atoms with Crippen LogP contribution in [0.2, 0.25) is 0 Å². The molecule has 1 saturated heterocycles. The van der Waals surface area contributed by atoms with Crippen LogP contribution in [-0.4, -0.2) is 33.3 Å². The first-order valence-corrected chi connectivity index (χ1v) is 10.9. The van der Waals surface area contributed by atoms with Crippen LogP contribution in [0.5, 0.6) is 5.75 Å². The number of thioether (sulfide) groups is 1. The fourth-order valence-electron chi connectivity index (χ4n) is 3.48. The predicted molar refractivity (Wildman–Crippen MR) is 129 cm³/mol. The van der Waals surface area contributed by atoms with Gasteiger partial charge in [-0.3, -0.25) is 9.69 Å². The van der Waals surface area contributed by atoms with Crippen LogP contribution in [0.3, 0.4) is 0 Å². The van der Waals surface area contributed by atoms with E-state index in [0.29, 0.717) is 22.4 Å². The summed E-state index contributed by atoms with van der Waals surface area (Å²) in [4.78, 5) is 14.6. The third kappa shape index (κ3) is 4.06. The number of amides is 1. The van der Waals surface area contributed by atoms with Gasteiger partial charge in [-0.25, -0.2) is 0 Å². The zero-order valence-electron chi connectivity index (χ0n) is 16.7. The number of likely N-dealkylation sites (N-methyl/N-ethyl adjacent to an activating group) is 1. The van der Waals surface area contributed by atoms with E-state index in [9.17, 15) is 4.79 Å². The molecule has 0 spiro atoms. The van der Waals surface area contributed by atoms with Crippen LogP contribution in [-0.2, 0) is 17.8 Å². The molecule has 3 aromatic rings. The second-order valence-electron chi connectivity index (χ2n) is 6.98. The first-order valence-electron chi connectivity index (χ1n) is 9.69. The number of ether oxygens (including phenoxy) is 1. The van der Waals surface area contributed by atoms with Crippen molar-refractivity contribution in [3.05, 3.63) is 83.4 Å². The highest BCUT2D eigenvalue weighted by Crippen LogP contribution is 2.33. The van der Waals surface area contributed by atoms with E-state index < -0.39 is 0 Å². The highest BCUT2D eigenvalue weighted by atomic mass is 32.2. The van der Waals surface area contributed by atoms with E-state index >= 15 is 0 Å². The number of hydrogen-bond donors (Lipinski definition) is 0. The Balaban J connectivity index is 1.57. The Bertz CT molecular complexity index is 1160. The zero-order chi connectivity index (χ0) is 21.1. The number of para-hydroxylation sites is 2. The van der Waals surface area contributed by atoms with Crippen molar-refractivity contribution in [1.82, 2.24) is 9.47 Å². The molecule has 1 aliphatic heterocycles. The number of allylic oxidation sites excluding steroid dienone is 1. The summed E-state index contributed by atoms with van der Waals surface area (Å²) in [5.41, 5.74) is 3.25. The van der Waals surface area contributed by atoms with Crippen molar-refractivity contribution < 1.29 is 9.53 Å². The number of nitrogens with zero attached hydrogens (tertiary/aromatic N) is 2. The summed E-state index contributed by atoms with van der Waals surface area (Å²) in [6.07, 6.45) is 6.67. The van der Waals surface area contributed by atoms with E-state index in [0.717, 1.165) is 34.2 Å². The number of fused-ring (bicyclic) bond motifs is 1. The zero-order valence-corrected chi connectivity index (χ0v) is 18.3. The maximum Gasteiger partial charge on any atom is 0.265 e. The summed E-state index contributed by atoms with van der Waals surface area (Å²) < 4.78 is 8.82. The fraction of sp³-hybridized carbons (Fsp3) is 0.167. The lowest BCUT2D eigenvalue weighted by Crippen LogP contribution is -2.22. The molecular weight excluding hydrogens is 412 g/mol. The van der Waals surface area contributed by atoms with Crippen LogP contribution in [0, 0.1) is 0 Å². The lowest BCUT2D eigenvalue weighted by Gasteiger charge is -2.11. The van der Waals surface area contributed by atoms with Crippen molar-refractivity contribution >= 4 is 51.2 Å². The molecule has 1 amide bonds. The second-order valence-corrected chi connectivity index (χ2v) is 8.66. The van der Waals surface area contributed by atoms with Crippen molar-refractivity contribution in [2.24, 2.45) is 0 Å². The van der Waals surface area contributed by atoms with Crippen LogP contribution in [0.1, 0.15) is 11.1 Å². The Morgan fingerprint density at radius 1 is 1.17 bits per heavy atom. The molecule has 1 aromatic heterocycles. The van der Waals surface area contributed by atoms with Crippen LogP contribution >= 0.6 is 24.0 Å². The molecule has 2 aromatic carbocycles. The standard InChI is InChI=1S/C24H22N2O2S2/c1-3-8-17-9-4-7-12-21(17)28-14-13-26-16-18(19-10-5-6-11-20(19)26)15-22-23(27)25(2)24(29)30-22/h3-7,9-12,15-16H,1,8,13-14H2,2H3/b22-15+. The molecule has 0 unspecified atom stereocenters. The summed E-state index contributed by atoms with van der Waals surface area (Å²) in [6.45, 7) is 5.06. The molecule has 0 N–H and O–H groups in total. The second kappa shape index (κ2) is 8.90. The van der Waals surface area contributed by atoms with Crippen molar-refractivity contribution in [3.8, 4) is 5.75 Å². The lowest BCUT2D eigenvalue weighted by atomic mass is 10.1. The molecular formula is C24H22N2O2S2. The van der Waals surface area contributed by atoms with E-state index in [1.165, 1.54) is 16.7 Å². The van der Waals surface area contributed by atoms with E-state index in [4.69, 9.17) is 17.0 Å². The van der Waals surface area contributed by atoms with E-state index in [1.807, 2.05) is 42.5 Å². The van der Waals surface area contributed by atoms with E-state index in [2.05, 4.69) is 35.5 Å². The number of carbonyl (C=O) groups is 1. The Morgan fingerprint density at radius 3 is 2.70 bits per heavy atom. The van der Waals surface area contributed by atoms with Crippen LogP contribution in [0.25, 0.3) is 17.0 Å². The van der Waals surface area contributed by atoms with Gasteiger partial charge in [-0.2, -0.15) is 0 Å². The molecule has 4 rings (SSSR count). The van der Waals surface area contributed by atoms with Crippen molar-refractivity contribution in [1.29, 1.82) is 0 Å². The van der Waals surface area contributed by atoms with E-state index in [1.54, 1.807) is 7.05 Å². The first-order chi connectivity index (χ1) is 14.6. The summed E-state index contributed by atoms with van der Waals surface area (Å²) >= 11 is 6.59. The highest BCUT2D eigenvalue weighted by molar-refractivity contribution is 8.26. The number of rotatable bonds is 7. The Hall–Kier alpha value is -2.83. The van der Waals surface area contributed by atoms with Gasteiger partial charge in [0, 0.05) is 29.7 Å². The molecule has 6 heteroatoms. The SMILES string of the molecule is C=CCc1ccccc1OCCn1cc(/C=C2/SC(=S)N(C)C2=O)c2ccccc21. The molecule has 2 heterocycles. The average Bonchev–Trinajstić information content (AvgIpc) is 3.22. The van der Waals surface area contributed by atoms with Gasteiger partial charge < -0.3 is 9.30 Å². The van der Waals surface area contributed by atoms with Crippen molar-refractivity contribution in [3.63, 3.8) is 0 Å². The Morgan fingerprint density at radius 2 is 1.93 bits per heavy atom.